The van der Waals surface area contributed by atoms with Gasteiger partial charge in [-0.2, -0.15) is 0 Å². The molecule has 1 amide bonds. The number of thioether (sulfide) groups is 1. The molecule has 2 heterocycles. The summed E-state index contributed by atoms with van der Waals surface area (Å²) in [5.41, 5.74) is 2.38. The lowest BCUT2D eigenvalue weighted by Crippen LogP contribution is -2.38. The van der Waals surface area contributed by atoms with Gasteiger partial charge in [0.15, 0.2) is 5.16 Å². The van der Waals surface area contributed by atoms with Crippen LogP contribution in [0.15, 0.2) is 35.7 Å². The van der Waals surface area contributed by atoms with E-state index in [1.807, 2.05) is 28.6 Å². The standard InChI is InChI=1S/C18H24N4O2S/c1-14-6-3-4-7-15(14)10-22(11-16-8-5-9-24-16)17(23)12-25-18-20-19-13-21(18)2/h3-4,6-7,13,16H,5,8-12H2,1-2H3. The normalized spacial score (nSPS) is 17.0. The second kappa shape index (κ2) is 8.49. The minimum Gasteiger partial charge on any atom is -0.376 e. The molecule has 2 aromatic rings. The topological polar surface area (TPSA) is 60.2 Å². The fourth-order valence-electron chi connectivity index (χ4n) is 2.90. The number of aromatic nitrogens is 3. The third-order valence-electron chi connectivity index (χ3n) is 4.42. The Kier molecular flexibility index (Phi) is 6.09. The third-order valence-corrected chi connectivity index (χ3v) is 5.44. The molecule has 1 aliphatic rings. The van der Waals surface area contributed by atoms with Crippen molar-refractivity contribution in [2.75, 3.05) is 18.9 Å². The van der Waals surface area contributed by atoms with E-state index in [9.17, 15) is 4.79 Å². The van der Waals surface area contributed by atoms with Crippen LogP contribution in [0, 0.1) is 6.92 Å². The monoisotopic (exact) mass is 360 g/mol. The smallest absolute Gasteiger partial charge is 0.233 e. The second-order valence-electron chi connectivity index (χ2n) is 6.35. The first-order valence-electron chi connectivity index (χ1n) is 8.54. The largest absolute Gasteiger partial charge is 0.376 e. The van der Waals surface area contributed by atoms with E-state index in [-0.39, 0.29) is 12.0 Å². The summed E-state index contributed by atoms with van der Waals surface area (Å²) in [6, 6.07) is 8.21. The zero-order chi connectivity index (χ0) is 17.6. The lowest BCUT2D eigenvalue weighted by Gasteiger charge is -2.26. The molecule has 0 radical (unpaired) electrons. The zero-order valence-corrected chi connectivity index (χ0v) is 15.5. The molecular weight excluding hydrogens is 336 g/mol. The fraction of sp³-hybridized carbons (Fsp3) is 0.500. The number of aryl methyl sites for hydroxylation is 2. The first-order valence-corrected chi connectivity index (χ1v) is 9.52. The highest BCUT2D eigenvalue weighted by Gasteiger charge is 2.23. The number of ether oxygens (including phenoxy) is 1. The second-order valence-corrected chi connectivity index (χ2v) is 7.29. The van der Waals surface area contributed by atoms with Gasteiger partial charge in [0, 0.05) is 26.7 Å². The van der Waals surface area contributed by atoms with Crippen LogP contribution in [0.3, 0.4) is 0 Å². The van der Waals surface area contributed by atoms with Crippen molar-refractivity contribution in [2.24, 2.45) is 7.05 Å². The third kappa shape index (κ3) is 4.83. The Bertz CT molecular complexity index is 713. The molecule has 7 heteroatoms. The fourth-order valence-corrected chi connectivity index (χ4v) is 3.69. The summed E-state index contributed by atoms with van der Waals surface area (Å²) in [6.07, 6.45) is 3.89. The Hall–Kier alpha value is -1.86. The summed E-state index contributed by atoms with van der Waals surface area (Å²) in [6.45, 7) is 4.14. The van der Waals surface area contributed by atoms with E-state index in [0.717, 1.165) is 24.6 Å². The average molecular weight is 360 g/mol. The van der Waals surface area contributed by atoms with Crippen LogP contribution in [0.4, 0.5) is 0 Å². The van der Waals surface area contributed by atoms with Gasteiger partial charge in [0.25, 0.3) is 0 Å². The van der Waals surface area contributed by atoms with Gasteiger partial charge in [-0.1, -0.05) is 36.0 Å². The van der Waals surface area contributed by atoms with E-state index >= 15 is 0 Å². The van der Waals surface area contributed by atoms with Gasteiger partial charge in [0.05, 0.1) is 11.9 Å². The average Bonchev–Trinajstić information content (AvgIpc) is 3.25. The number of hydrogen-bond acceptors (Lipinski definition) is 5. The molecule has 6 nitrogen and oxygen atoms in total. The van der Waals surface area contributed by atoms with Crippen LogP contribution in [0.2, 0.25) is 0 Å². The number of rotatable bonds is 7. The highest BCUT2D eigenvalue weighted by molar-refractivity contribution is 7.99. The van der Waals surface area contributed by atoms with Crippen molar-refractivity contribution in [1.29, 1.82) is 0 Å². The molecule has 25 heavy (non-hydrogen) atoms. The molecule has 3 rings (SSSR count). The summed E-state index contributed by atoms with van der Waals surface area (Å²) in [5.74, 6) is 0.456. The van der Waals surface area contributed by atoms with Crippen LogP contribution in [-0.4, -0.2) is 50.6 Å². The summed E-state index contributed by atoms with van der Waals surface area (Å²) >= 11 is 1.42. The van der Waals surface area contributed by atoms with Crippen molar-refractivity contribution in [1.82, 2.24) is 19.7 Å². The molecule has 1 unspecified atom stereocenters. The van der Waals surface area contributed by atoms with E-state index in [2.05, 4.69) is 29.3 Å². The summed E-state index contributed by atoms with van der Waals surface area (Å²) in [4.78, 5) is 14.8. The molecule has 0 N–H and O–H groups in total. The molecule has 1 saturated heterocycles. The van der Waals surface area contributed by atoms with Gasteiger partial charge >= 0.3 is 0 Å². The van der Waals surface area contributed by atoms with E-state index in [1.54, 1.807) is 6.33 Å². The molecule has 0 spiro atoms. The van der Waals surface area contributed by atoms with Crippen LogP contribution in [0.1, 0.15) is 24.0 Å². The molecular formula is C18H24N4O2S. The number of carbonyl (C=O) groups is 1. The Labute approximate surface area is 152 Å². The molecule has 0 saturated carbocycles. The summed E-state index contributed by atoms with van der Waals surface area (Å²) in [7, 11) is 1.88. The maximum atomic E-state index is 12.8. The van der Waals surface area contributed by atoms with Gasteiger partial charge < -0.3 is 14.2 Å². The highest BCUT2D eigenvalue weighted by atomic mass is 32.2. The van der Waals surface area contributed by atoms with Gasteiger partial charge in [0.1, 0.15) is 6.33 Å². The Balaban J connectivity index is 1.67. The van der Waals surface area contributed by atoms with Gasteiger partial charge in [-0.3, -0.25) is 4.79 Å². The predicted octanol–water partition coefficient (Wildman–Crippen LogP) is 2.42. The van der Waals surface area contributed by atoms with Crippen LogP contribution in [0.25, 0.3) is 0 Å². The van der Waals surface area contributed by atoms with Crippen molar-refractivity contribution in [3.63, 3.8) is 0 Å². The molecule has 0 bridgehead atoms. The van der Waals surface area contributed by atoms with Crippen LogP contribution in [-0.2, 0) is 23.1 Å². The Morgan fingerprint density at radius 1 is 1.44 bits per heavy atom. The maximum Gasteiger partial charge on any atom is 0.233 e. The molecule has 0 aliphatic carbocycles. The van der Waals surface area contributed by atoms with Crippen molar-refractivity contribution in [2.45, 2.75) is 37.6 Å². The number of carbonyl (C=O) groups excluding carboxylic acids is 1. The van der Waals surface area contributed by atoms with E-state index in [1.165, 1.54) is 22.9 Å². The lowest BCUT2D eigenvalue weighted by molar-refractivity contribution is -0.130. The predicted molar refractivity (Wildman–Crippen MR) is 97.3 cm³/mol. The Morgan fingerprint density at radius 3 is 2.96 bits per heavy atom. The van der Waals surface area contributed by atoms with Crippen LogP contribution >= 0.6 is 11.8 Å². The van der Waals surface area contributed by atoms with Crippen LogP contribution < -0.4 is 0 Å². The van der Waals surface area contributed by atoms with E-state index < -0.39 is 0 Å². The van der Waals surface area contributed by atoms with Crippen molar-refractivity contribution >= 4 is 17.7 Å². The zero-order valence-electron chi connectivity index (χ0n) is 14.7. The SMILES string of the molecule is Cc1ccccc1CN(CC1CCCO1)C(=O)CSc1nncn1C. The van der Waals surface area contributed by atoms with Gasteiger partial charge in [-0.15, -0.1) is 10.2 Å². The quantitative estimate of drug-likeness (QED) is 0.710. The molecule has 1 fully saturated rings. The van der Waals surface area contributed by atoms with Gasteiger partial charge in [-0.25, -0.2) is 0 Å². The van der Waals surface area contributed by atoms with Gasteiger partial charge in [-0.05, 0) is 30.9 Å². The molecule has 134 valence electrons. The minimum atomic E-state index is 0.103. The van der Waals surface area contributed by atoms with Crippen LogP contribution in [0.5, 0.6) is 0 Å². The van der Waals surface area contributed by atoms with E-state index in [4.69, 9.17) is 4.74 Å². The molecule has 1 atom stereocenters. The molecule has 1 aliphatic heterocycles. The van der Waals surface area contributed by atoms with Crippen molar-refractivity contribution in [3.8, 4) is 0 Å². The number of benzene rings is 1. The number of nitrogens with zero attached hydrogens (tertiary/aromatic N) is 4. The molecule has 1 aromatic heterocycles. The van der Waals surface area contributed by atoms with Gasteiger partial charge in [0.2, 0.25) is 5.91 Å². The summed E-state index contributed by atoms with van der Waals surface area (Å²) < 4.78 is 7.57. The lowest BCUT2D eigenvalue weighted by atomic mass is 10.1. The van der Waals surface area contributed by atoms with Crippen molar-refractivity contribution in [3.05, 3.63) is 41.7 Å². The van der Waals surface area contributed by atoms with Crippen molar-refractivity contribution < 1.29 is 9.53 Å². The molecule has 1 aromatic carbocycles. The first-order chi connectivity index (χ1) is 12.1. The first kappa shape index (κ1) is 17.9. The Morgan fingerprint density at radius 2 is 2.28 bits per heavy atom. The number of amides is 1. The highest BCUT2D eigenvalue weighted by Crippen LogP contribution is 2.19. The van der Waals surface area contributed by atoms with E-state index in [0.29, 0.717) is 18.8 Å². The summed E-state index contributed by atoms with van der Waals surface area (Å²) in [5, 5.41) is 8.63. The minimum absolute atomic E-state index is 0.103. The maximum absolute atomic E-state index is 12.8. The number of hydrogen-bond donors (Lipinski definition) is 0.